The molecule has 36 heavy (non-hydrogen) atoms. The summed E-state index contributed by atoms with van der Waals surface area (Å²) in [5.74, 6) is 1.65. The van der Waals surface area contributed by atoms with E-state index >= 15 is 0 Å². The minimum atomic E-state index is -0.860. The Kier molecular flexibility index (Phi) is 7.89. The van der Waals surface area contributed by atoms with E-state index in [1.165, 1.54) is 11.1 Å². The third kappa shape index (κ3) is 5.51. The van der Waals surface area contributed by atoms with Crippen molar-refractivity contribution in [2.45, 2.75) is 45.3 Å². The van der Waals surface area contributed by atoms with Gasteiger partial charge in [-0.1, -0.05) is 12.1 Å². The van der Waals surface area contributed by atoms with Gasteiger partial charge in [-0.05, 0) is 78.6 Å². The number of rotatable bonds is 11. The molecule has 0 bridgehead atoms. The van der Waals surface area contributed by atoms with E-state index in [4.69, 9.17) is 19.3 Å². The molecule has 1 heterocycles. The zero-order valence-corrected chi connectivity index (χ0v) is 21.4. The van der Waals surface area contributed by atoms with Gasteiger partial charge in [0.05, 0.1) is 33.9 Å². The first kappa shape index (κ1) is 25.6. The van der Waals surface area contributed by atoms with Crippen molar-refractivity contribution in [2.24, 2.45) is 11.8 Å². The average molecular weight is 494 g/mol. The molecule has 7 nitrogen and oxygen atoms in total. The number of aliphatic hydroxyl groups is 1. The van der Waals surface area contributed by atoms with Crippen LogP contribution in [0, 0.1) is 18.8 Å². The molecule has 4 rings (SSSR count). The van der Waals surface area contributed by atoms with Crippen molar-refractivity contribution in [3.63, 3.8) is 0 Å². The van der Waals surface area contributed by atoms with Crippen LogP contribution in [0.15, 0.2) is 48.8 Å². The van der Waals surface area contributed by atoms with Crippen molar-refractivity contribution < 1.29 is 29.2 Å². The van der Waals surface area contributed by atoms with Gasteiger partial charge in [0.2, 0.25) is 0 Å². The van der Waals surface area contributed by atoms with Crippen molar-refractivity contribution in [3.05, 3.63) is 76.6 Å². The minimum Gasteiger partial charge on any atom is -0.496 e. The van der Waals surface area contributed by atoms with E-state index in [9.17, 15) is 9.90 Å². The second-order valence-corrected chi connectivity index (χ2v) is 9.65. The predicted octanol–water partition coefficient (Wildman–Crippen LogP) is 4.60. The molecule has 192 valence electrons. The number of carboxylic acid groups (broad SMARTS) is 1. The lowest BCUT2D eigenvalue weighted by Gasteiger charge is -2.27. The Hall–Kier alpha value is -3.45. The van der Waals surface area contributed by atoms with E-state index in [0.29, 0.717) is 24.0 Å². The number of carboxylic acids is 1. The second-order valence-electron chi connectivity index (χ2n) is 9.65. The molecule has 2 aromatic carbocycles. The normalized spacial score (nSPS) is 16.3. The van der Waals surface area contributed by atoms with Gasteiger partial charge in [0.25, 0.3) is 0 Å². The fourth-order valence-electron chi connectivity index (χ4n) is 5.50. The molecule has 0 saturated carbocycles. The van der Waals surface area contributed by atoms with Crippen LogP contribution in [0.1, 0.15) is 40.3 Å². The fourth-order valence-corrected chi connectivity index (χ4v) is 5.50. The number of fused-ring (bicyclic) bond motifs is 1. The lowest BCUT2D eigenvalue weighted by molar-refractivity contribution is -0.136. The summed E-state index contributed by atoms with van der Waals surface area (Å²) < 4.78 is 18.7. The zero-order chi connectivity index (χ0) is 25.8. The highest BCUT2D eigenvalue weighted by Gasteiger charge is 2.31. The maximum absolute atomic E-state index is 11.7. The quantitative estimate of drug-likeness (QED) is 0.406. The Balaban J connectivity index is 1.62. The summed E-state index contributed by atoms with van der Waals surface area (Å²) in [6.07, 6.45) is 5.60. The van der Waals surface area contributed by atoms with E-state index < -0.39 is 12.1 Å². The number of aliphatic carboxylic acids is 1. The maximum atomic E-state index is 11.7. The SMILES string of the molecule is COc1cc([C@@H](O)[C@@H](CC2Cc3cccc(OC)c3C2)Cn2ccc(CC(=O)O)c2)cc(OC)c1C. The van der Waals surface area contributed by atoms with Gasteiger partial charge in [0.1, 0.15) is 17.2 Å². The number of hydrogen-bond acceptors (Lipinski definition) is 5. The molecule has 0 saturated heterocycles. The summed E-state index contributed by atoms with van der Waals surface area (Å²) in [5, 5.41) is 20.8. The Morgan fingerprint density at radius 1 is 1.06 bits per heavy atom. The van der Waals surface area contributed by atoms with Crippen LogP contribution >= 0.6 is 0 Å². The van der Waals surface area contributed by atoms with Gasteiger partial charge in [0.15, 0.2) is 0 Å². The third-order valence-electron chi connectivity index (χ3n) is 7.26. The molecule has 7 heteroatoms. The Morgan fingerprint density at radius 3 is 2.39 bits per heavy atom. The topological polar surface area (TPSA) is 90.2 Å². The molecule has 1 aromatic heterocycles. The van der Waals surface area contributed by atoms with Crippen LogP contribution in [-0.4, -0.2) is 42.1 Å². The van der Waals surface area contributed by atoms with Crippen LogP contribution in [0.5, 0.6) is 17.2 Å². The summed E-state index contributed by atoms with van der Waals surface area (Å²) >= 11 is 0. The molecular weight excluding hydrogens is 458 g/mol. The fraction of sp³-hybridized carbons (Fsp3) is 0.414. The van der Waals surface area contributed by atoms with Gasteiger partial charge in [-0.3, -0.25) is 4.79 Å². The van der Waals surface area contributed by atoms with Crippen LogP contribution in [0.3, 0.4) is 0 Å². The van der Waals surface area contributed by atoms with E-state index in [-0.39, 0.29) is 12.3 Å². The lowest BCUT2D eigenvalue weighted by atomic mass is 9.85. The number of hydrogen-bond donors (Lipinski definition) is 2. The summed E-state index contributed by atoms with van der Waals surface area (Å²) in [4.78, 5) is 11.1. The summed E-state index contributed by atoms with van der Waals surface area (Å²) in [5.41, 5.74) is 4.92. The molecule has 2 N–H and O–H groups in total. The van der Waals surface area contributed by atoms with E-state index in [1.54, 1.807) is 21.3 Å². The van der Waals surface area contributed by atoms with E-state index in [1.807, 2.05) is 54.2 Å². The van der Waals surface area contributed by atoms with Crippen LogP contribution in [0.2, 0.25) is 0 Å². The highest BCUT2D eigenvalue weighted by Crippen LogP contribution is 2.41. The average Bonchev–Trinajstić information content (AvgIpc) is 3.48. The maximum Gasteiger partial charge on any atom is 0.307 e. The van der Waals surface area contributed by atoms with Gasteiger partial charge >= 0.3 is 5.97 Å². The van der Waals surface area contributed by atoms with Crippen LogP contribution in [0.4, 0.5) is 0 Å². The Morgan fingerprint density at radius 2 is 1.75 bits per heavy atom. The Labute approximate surface area is 212 Å². The van der Waals surface area contributed by atoms with Crippen molar-refractivity contribution in [1.29, 1.82) is 0 Å². The molecule has 1 unspecified atom stereocenters. The molecule has 3 atom stereocenters. The number of benzene rings is 2. The zero-order valence-electron chi connectivity index (χ0n) is 21.4. The molecule has 1 aliphatic rings. The number of aromatic nitrogens is 1. The van der Waals surface area contributed by atoms with E-state index in [2.05, 4.69) is 6.07 Å². The van der Waals surface area contributed by atoms with Crippen molar-refractivity contribution >= 4 is 5.97 Å². The second kappa shape index (κ2) is 11.1. The highest BCUT2D eigenvalue weighted by molar-refractivity contribution is 5.70. The first-order chi connectivity index (χ1) is 17.3. The van der Waals surface area contributed by atoms with Gasteiger partial charge in [-0.15, -0.1) is 0 Å². The number of aliphatic hydroxyl groups excluding tert-OH is 1. The van der Waals surface area contributed by atoms with Crippen LogP contribution in [0.25, 0.3) is 0 Å². The largest absolute Gasteiger partial charge is 0.496 e. The van der Waals surface area contributed by atoms with E-state index in [0.717, 1.165) is 41.7 Å². The molecule has 0 radical (unpaired) electrons. The minimum absolute atomic E-state index is 0.0235. The Bertz CT molecular complexity index is 1190. The standard InChI is InChI=1S/C29H35NO6/c1-18-26(35-3)14-22(15-27(18)36-4)29(33)23(17-30-9-8-19(16-30)13-28(31)32)11-20-10-21-6-5-7-25(34-2)24(21)12-20/h5-9,14-16,20,23,29,33H,10-13,17H2,1-4H3,(H,31,32)/t20?,23-,29+/m0/s1. The lowest BCUT2D eigenvalue weighted by Crippen LogP contribution is -2.22. The van der Waals surface area contributed by atoms with Crippen LogP contribution < -0.4 is 14.2 Å². The smallest absolute Gasteiger partial charge is 0.307 e. The van der Waals surface area contributed by atoms with Crippen molar-refractivity contribution in [3.8, 4) is 17.2 Å². The number of carbonyl (C=O) groups is 1. The molecular formula is C29H35NO6. The number of ether oxygens (including phenoxy) is 3. The molecule has 0 spiro atoms. The summed E-state index contributed by atoms with van der Waals surface area (Å²) in [7, 11) is 4.93. The summed E-state index contributed by atoms with van der Waals surface area (Å²) in [6, 6.07) is 11.8. The molecule has 0 aliphatic heterocycles. The van der Waals surface area contributed by atoms with Crippen LogP contribution in [-0.2, 0) is 30.6 Å². The van der Waals surface area contributed by atoms with Gasteiger partial charge in [-0.25, -0.2) is 0 Å². The third-order valence-corrected chi connectivity index (χ3v) is 7.26. The van der Waals surface area contributed by atoms with Crippen molar-refractivity contribution in [1.82, 2.24) is 4.57 Å². The molecule has 1 aliphatic carbocycles. The molecule has 3 aromatic rings. The number of methoxy groups -OCH3 is 3. The molecule has 0 amide bonds. The number of nitrogens with zero attached hydrogens (tertiary/aromatic N) is 1. The predicted molar refractivity (Wildman–Crippen MR) is 137 cm³/mol. The molecule has 0 fully saturated rings. The van der Waals surface area contributed by atoms with Crippen molar-refractivity contribution in [2.75, 3.05) is 21.3 Å². The summed E-state index contributed by atoms with van der Waals surface area (Å²) in [6.45, 7) is 2.49. The van der Waals surface area contributed by atoms with Gasteiger partial charge in [-0.2, -0.15) is 0 Å². The monoisotopic (exact) mass is 493 g/mol. The highest BCUT2D eigenvalue weighted by atomic mass is 16.5. The van der Waals surface area contributed by atoms with Gasteiger partial charge in [0, 0.05) is 30.4 Å². The first-order valence-electron chi connectivity index (χ1n) is 12.2. The first-order valence-corrected chi connectivity index (χ1v) is 12.2. The van der Waals surface area contributed by atoms with Gasteiger partial charge < -0.3 is 29.0 Å².